The number of nitrogens with one attached hydrogen (secondary N) is 2. The number of halogens is 3. The predicted octanol–water partition coefficient (Wildman–Crippen LogP) is 3.04. The molecule has 0 atom stereocenters. The number of ether oxygens (including phenoxy) is 2. The minimum Gasteiger partial charge on any atom is -0.474 e. The van der Waals surface area contributed by atoms with Crippen LogP contribution >= 0.6 is 0 Å². The highest BCUT2D eigenvalue weighted by Crippen LogP contribution is 2.70. The molecule has 0 unspecified atom stereocenters. The zero-order valence-corrected chi connectivity index (χ0v) is 19.9. The number of carbonyl (C=O) groups is 1. The van der Waals surface area contributed by atoms with Crippen LogP contribution in [0.2, 0.25) is 0 Å². The van der Waals surface area contributed by atoms with Gasteiger partial charge in [-0.15, -0.1) is 5.10 Å². The number of methoxy groups -OCH3 is 1. The van der Waals surface area contributed by atoms with E-state index in [9.17, 15) is 22.8 Å². The first kappa shape index (κ1) is 24.1. The molecular weight excluding hydrogens is 481 g/mol. The summed E-state index contributed by atoms with van der Waals surface area (Å²) in [4.78, 5) is 31.1. The Bertz CT molecular complexity index is 1380. The molecule has 2 bridgehead atoms. The molecule has 3 aromatic rings. The maximum Gasteiger partial charge on any atom is 0.417 e. The van der Waals surface area contributed by atoms with Crippen molar-refractivity contribution in [2.75, 3.05) is 32.7 Å². The lowest BCUT2D eigenvalue weighted by atomic mass is 9.37. The number of hydrogen-bond acceptors (Lipinski definition) is 6. The van der Waals surface area contributed by atoms with Crippen molar-refractivity contribution in [3.05, 3.63) is 46.0 Å². The quantitative estimate of drug-likeness (QED) is 0.476. The lowest BCUT2D eigenvalue weighted by Gasteiger charge is -2.73. The van der Waals surface area contributed by atoms with Crippen LogP contribution in [0.3, 0.4) is 0 Å². The van der Waals surface area contributed by atoms with Gasteiger partial charge < -0.3 is 24.3 Å². The number of rotatable bonds is 7. The molecular formula is C23H25F3N6O4. The number of pyridine rings is 2. The number of carbonyl (C=O) groups excluding carboxylic acids is 1. The van der Waals surface area contributed by atoms with Gasteiger partial charge in [0.2, 0.25) is 5.88 Å². The normalized spacial score (nSPS) is 22.6. The molecule has 0 spiro atoms. The van der Waals surface area contributed by atoms with E-state index in [2.05, 4.69) is 20.5 Å². The number of urea groups is 1. The summed E-state index contributed by atoms with van der Waals surface area (Å²) in [5, 5.41) is 10.1. The van der Waals surface area contributed by atoms with Gasteiger partial charge in [-0.2, -0.15) is 13.2 Å². The van der Waals surface area contributed by atoms with Crippen LogP contribution in [0.5, 0.6) is 5.88 Å². The monoisotopic (exact) mass is 506 g/mol. The molecule has 3 heterocycles. The van der Waals surface area contributed by atoms with E-state index in [1.807, 2.05) is 6.07 Å². The average Bonchev–Trinajstić information content (AvgIpc) is 3.16. The van der Waals surface area contributed by atoms with E-state index in [1.165, 1.54) is 11.9 Å². The highest BCUT2D eigenvalue weighted by molar-refractivity contribution is 5.90. The predicted molar refractivity (Wildman–Crippen MR) is 123 cm³/mol. The van der Waals surface area contributed by atoms with Gasteiger partial charge in [0, 0.05) is 44.6 Å². The second-order valence-electron chi connectivity index (χ2n) is 9.57. The van der Waals surface area contributed by atoms with E-state index in [0.29, 0.717) is 56.3 Å². The first-order valence-corrected chi connectivity index (χ1v) is 11.3. The molecule has 0 aliphatic heterocycles. The Morgan fingerprint density at radius 3 is 2.67 bits per heavy atom. The highest BCUT2D eigenvalue weighted by atomic mass is 19.4. The molecule has 2 N–H and O–H groups in total. The van der Waals surface area contributed by atoms with Crippen LogP contribution in [0.25, 0.3) is 11.0 Å². The second-order valence-corrected chi connectivity index (χ2v) is 9.57. The summed E-state index contributed by atoms with van der Waals surface area (Å²) in [5.74, 6) is 0.442. The lowest BCUT2D eigenvalue weighted by Crippen LogP contribution is -2.77. The maximum atomic E-state index is 13.2. The van der Waals surface area contributed by atoms with Gasteiger partial charge >= 0.3 is 12.2 Å². The molecule has 36 heavy (non-hydrogen) atoms. The van der Waals surface area contributed by atoms with Gasteiger partial charge in [0.25, 0.3) is 5.56 Å². The Morgan fingerprint density at radius 2 is 2.00 bits per heavy atom. The molecule has 3 aliphatic carbocycles. The summed E-state index contributed by atoms with van der Waals surface area (Å²) in [5.41, 5.74) is -1.12. The average molecular weight is 506 g/mol. The van der Waals surface area contributed by atoms with Crippen molar-refractivity contribution >= 4 is 22.8 Å². The van der Waals surface area contributed by atoms with Crippen molar-refractivity contribution in [3.8, 4) is 5.88 Å². The van der Waals surface area contributed by atoms with Gasteiger partial charge in [-0.3, -0.25) is 9.89 Å². The minimum absolute atomic E-state index is 0.150. The van der Waals surface area contributed by atoms with Crippen LogP contribution in [-0.2, 0) is 23.4 Å². The molecule has 3 fully saturated rings. The number of fused-ring (bicyclic) bond motifs is 1. The highest BCUT2D eigenvalue weighted by Gasteiger charge is 2.71. The summed E-state index contributed by atoms with van der Waals surface area (Å²) in [6.07, 6.45) is -0.128. The van der Waals surface area contributed by atoms with Gasteiger partial charge in [0.1, 0.15) is 12.3 Å². The summed E-state index contributed by atoms with van der Waals surface area (Å²) in [7, 11) is 4.39. The Morgan fingerprint density at radius 1 is 1.28 bits per heavy atom. The van der Waals surface area contributed by atoms with Gasteiger partial charge in [-0.1, -0.05) is 0 Å². The fourth-order valence-corrected chi connectivity index (χ4v) is 5.27. The Balaban J connectivity index is 1.29. The van der Waals surface area contributed by atoms with E-state index in [0.717, 1.165) is 15.5 Å². The third-order valence-electron chi connectivity index (χ3n) is 7.29. The van der Waals surface area contributed by atoms with Gasteiger partial charge in [0.15, 0.2) is 5.65 Å². The molecule has 192 valence electrons. The van der Waals surface area contributed by atoms with Crippen LogP contribution in [0.4, 0.5) is 23.7 Å². The third kappa shape index (κ3) is 3.77. The van der Waals surface area contributed by atoms with E-state index in [4.69, 9.17) is 9.47 Å². The third-order valence-corrected chi connectivity index (χ3v) is 7.29. The molecule has 6 rings (SSSR count). The summed E-state index contributed by atoms with van der Waals surface area (Å²) in [6, 6.07) is 2.02. The molecule has 3 aliphatic rings. The number of alkyl halides is 3. The maximum absolute atomic E-state index is 13.2. The van der Waals surface area contributed by atoms with E-state index in [-0.39, 0.29) is 5.41 Å². The first-order chi connectivity index (χ1) is 17.0. The summed E-state index contributed by atoms with van der Waals surface area (Å²) < 4.78 is 50.9. The zero-order valence-electron chi connectivity index (χ0n) is 19.9. The van der Waals surface area contributed by atoms with Crippen LogP contribution < -0.4 is 15.6 Å². The standard InChI is InChI=1S/C23H25F3N6O4/c1-31-9-14(23(24,25)26)7-16(19(31)33)28-20(34)32(2)22-10-21(11-22,12-22)13-6-15-17(27-8-13)29-30-18(15)36-5-4-35-3/h6-9H,4-5,10-12H2,1-3H3,(H,28,34)(H,27,29,30). The number of aromatic nitrogens is 4. The number of aromatic amines is 1. The van der Waals surface area contributed by atoms with E-state index < -0.39 is 34.6 Å². The van der Waals surface area contributed by atoms with E-state index in [1.54, 1.807) is 20.4 Å². The topological polar surface area (TPSA) is 114 Å². The number of hydrogen-bond donors (Lipinski definition) is 2. The van der Waals surface area contributed by atoms with Crippen molar-refractivity contribution in [1.82, 2.24) is 24.6 Å². The largest absolute Gasteiger partial charge is 0.474 e. The number of anilines is 1. The van der Waals surface area contributed by atoms with Gasteiger partial charge in [0.05, 0.1) is 17.6 Å². The van der Waals surface area contributed by atoms with Crippen molar-refractivity contribution < 1.29 is 27.4 Å². The van der Waals surface area contributed by atoms with E-state index >= 15 is 0 Å². The number of amides is 2. The minimum atomic E-state index is -4.64. The van der Waals surface area contributed by atoms with Crippen LogP contribution in [0, 0.1) is 0 Å². The Hall–Kier alpha value is -3.61. The molecule has 10 nitrogen and oxygen atoms in total. The van der Waals surface area contributed by atoms with Gasteiger partial charge in [-0.25, -0.2) is 9.78 Å². The first-order valence-electron chi connectivity index (χ1n) is 11.3. The van der Waals surface area contributed by atoms with Crippen LogP contribution in [0.1, 0.15) is 30.4 Å². The summed E-state index contributed by atoms with van der Waals surface area (Å²) in [6.45, 7) is 0.777. The van der Waals surface area contributed by atoms with Crippen molar-refractivity contribution in [2.24, 2.45) is 7.05 Å². The zero-order chi connectivity index (χ0) is 25.9. The number of H-pyrrole nitrogens is 1. The number of aryl methyl sites for hydroxylation is 1. The number of nitrogens with zero attached hydrogens (tertiary/aromatic N) is 4. The summed E-state index contributed by atoms with van der Waals surface area (Å²) >= 11 is 0. The Kier molecular flexibility index (Phi) is 5.50. The lowest BCUT2D eigenvalue weighted by molar-refractivity contribution is -0.140. The fourth-order valence-electron chi connectivity index (χ4n) is 5.27. The molecule has 0 aromatic carbocycles. The Labute approximate surface area is 203 Å². The molecule has 0 radical (unpaired) electrons. The van der Waals surface area contributed by atoms with Crippen LogP contribution in [0.15, 0.2) is 29.3 Å². The SMILES string of the molecule is COCCOc1n[nH]c2ncc(C34CC(N(C)C(=O)Nc5cc(C(F)(F)F)cn(C)c5=O)(C3)C4)cc12. The van der Waals surface area contributed by atoms with Gasteiger partial charge in [-0.05, 0) is 37.0 Å². The molecule has 2 amide bonds. The smallest absolute Gasteiger partial charge is 0.417 e. The molecule has 0 saturated heterocycles. The molecule has 3 saturated carbocycles. The fraction of sp³-hybridized carbons (Fsp3) is 0.478. The van der Waals surface area contributed by atoms with Crippen molar-refractivity contribution in [1.29, 1.82) is 0 Å². The van der Waals surface area contributed by atoms with Crippen LogP contribution in [-0.4, -0.2) is 63.6 Å². The van der Waals surface area contributed by atoms with Crippen molar-refractivity contribution in [2.45, 2.75) is 36.4 Å². The molecule has 3 aromatic heterocycles. The molecule has 13 heteroatoms. The van der Waals surface area contributed by atoms with Crippen molar-refractivity contribution in [3.63, 3.8) is 0 Å². The second kappa shape index (κ2) is 8.22.